The quantitative estimate of drug-likeness (QED) is 0.476. The Bertz CT molecular complexity index is 826. The van der Waals surface area contributed by atoms with E-state index < -0.39 is 19.4 Å². The second-order valence-electron chi connectivity index (χ2n) is 3.94. The Kier molecular flexibility index (Phi) is 4.93. The molecule has 2 rings (SSSR count). The van der Waals surface area contributed by atoms with Gasteiger partial charge < -0.3 is 9.97 Å². The van der Waals surface area contributed by atoms with Gasteiger partial charge in [0.1, 0.15) is 5.52 Å². The summed E-state index contributed by atoms with van der Waals surface area (Å²) in [4.78, 5) is 27.5. The Morgan fingerprint density at radius 2 is 2.00 bits per heavy atom. The van der Waals surface area contributed by atoms with Gasteiger partial charge in [-0.2, -0.15) is 0 Å². The zero-order valence-electron chi connectivity index (χ0n) is 10.9. The molecular formula is C12H11BrN2O5P+. The molecule has 0 saturated heterocycles. The lowest BCUT2D eigenvalue weighted by Gasteiger charge is -2.01. The van der Waals surface area contributed by atoms with Crippen molar-refractivity contribution in [2.45, 2.75) is 13.3 Å². The molecule has 0 saturated carbocycles. The maximum Gasteiger partial charge on any atom is 0.804 e. The average molecular weight is 374 g/mol. The Hall–Kier alpha value is -1.92. The van der Waals surface area contributed by atoms with Gasteiger partial charge in [0.15, 0.2) is 6.26 Å². The number of fused-ring (bicyclic) bond motifs is 1. The zero-order chi connectivity index (χ0) is 15.4. The number of rotatable bonds is 5. The second kappa shape index (κ2) is 6.69. The van der Waals surface area contributed by atoms with E-state index in [1.54, 1.807) is 12.1 Å². The molecule has 2 aromatic rings. The smallest absolute Gasteiger partial charge is 0.316 e. The number of hydrogen-bond donors (Lipinski definition) is 2. The molecule has 0 amide bonds. The summed E-state index contributed by atoms with van der Waals surface area (Å²) in [6.07, 6.45) is 3.69. The normalized spacial score (nSPS) is 11.8. The van der Waals surface area contributed by atoms with Crippen molar-refractivity contribution in [3.63, 3.8) is 0 Å². The molecule has 0 aliphatic rings. The first-order valence-electron chi connectivity index (χ1n) is 5.94. The molecule has 21 heavy (non-hydrogen) atoms. The molecule has 0 spiro atoms. The van der Waals surface area contributed by atoms with E-state index in [1.807, 2.05) is 6.92 Å². The summed E-state index contributed by atoms with van der Waals surface area (Å²) in [5.74, 6) is 0.124. The fourth-order valence-electron chi connectivity index (χ4n) is 1.52. The maximum atomic E-state index is 11.7. The first kappa shape index (κ1) is 15.5. The van der Waals surface area contributed by atoms with Crippen molar-refractivity contribution in [3.05, 3.63) is 49.7 Å². The molecule has 1 aromatic carbocycles. The van der Waals surface area contributed by atoms with Crippen LogP contribution in [0.3, 0.4) is 0 Å². The molecule has 110 valence electrons. The lowest BCUT2D eigenvalue weighted by atomic mass is 10.3. The van der Waals surface area contributed by atoms with Crippen LogP contribution >= 0.6 is 24.2 Å². The fraction of sp³-hybridized carbons (Fsp3) is 0.167. The summed E-state index contributed by atoms with van der Waals surface area (Å²) < 4.78 is 22.3. The van der Waals surface area contributed by atoms with Crippen LogP contribution in [0.5, 0.6) is 5.75 Å². The third-order valence-electron chi connectivity index (χ3n) is 2.41. The van der Waals surface area contributed by atoms with Gasteiger partial charge in [0.05, 0.1) is 5.52 Å². The minimum Gasteiger partial charge on any atom is -0.316 e. The van der Waals surface area contributed by atoms with E-state index >= 15 is 0 Å². The van der Waals surface area contributed by atoms with Crippen LogP contribution in [-0.2, 0) is 9.09 Å². The molecule has 0 aliphatic heterocycles. The summed E-state index contributed by atoms with van der Waals surface area (Å²) in [5, 5.41) is 0. The molecule has 0 aliphatic carbocycles. The molecule has 0 radical (unpaired) electrons. The summed E-state index contributed by atoms with van der Waals surface area (Å²) in [7, 11) is -2.44. The lowest BCUT2D eigenvalue weighted by Crippen LogP contribution is -2.29. The third-order valence-corrected chi connectivity index (χ3v) is 3.51. The Balaban J connectivity index is 2.41. The van der Waals surface area contributed by atoms with Crippen LogP contribution in [0.1, 0.15) is 13.3 Å². The topological polar surface area (TPSA) is 101 Å². The second-order valence-corrected chi connectivity index (χ2v) is 5.69. The highest BCUT2D eigenvalue weighted by Gasteiger charge is 2.24. The van der Waals surface area contributed by atoms with Gasteiger partial charge in [-0.25, -0.2) is 9.05 Å². The van der Waals surface area contributed by atoms with Gasteiger partial charge in [0.25, 0.3) is 0 Å². The summed E-state index contributed by atoms with van der Waals surface area (Å²) >= 11 is 3.24. The van der Waals surface area contributed by atoms with Crippen LogP contribution < -0.4 is 15.6 Å². The maximum absolute atomic E-state index is 11.7. The molecular weight excluding hydrogens is 363 g/mol. The van der Waals surface area contributed by atoms with Crippen molar-refractivity contribution >= 4 is 35.2 Å². The molecule has 0 bridgehead atoms. The van der Waals surface area contributed by atoms with Crippen molar-refractivity contribution in [2.75, 3.05) is 0 Å². The van der Waals surface area contributed by atoms with Gasteiger partial charge in [0, 0.05) is 15.1 Å². The average Bonchev–Trinajstić information content (AvgIpc) is 2.41. The number of halogens is 1. The van der Waals surface area contributed by atoms with Crippen LogP contribution in [0, 0.1) is 0 Å². The van der Waals surface area contributed by atoms with E-state index in [0.717, 1.165) is 6.42 Å². The van der Waals surface area contributed by atoms with Gasteiger partial charge in [-0.1, -0.05) is 22.9 Å². The fourth-order valence-corrected chi connectivity index (χ4v) is 2.49. The highest BCUT2D eigenvalue weighted by atomic mass is 79.9. The lowest BCUT2D eigenvalue weighted by molar-refractivity contribution is 0.383. The zero-order valence-corrected chi connectivity index (χ0v) is 13.4. The molecule has 2 N–H and O–H groups in total. The van der Waals surface area contributed by atoms with Crippen LogP contribution in [0.25, 0.3) is 11.0 Å². The Morgan fingerprint density at radius 1 is 1.29 bits per heavy atom. The number of aromatic nitrogens is 2. The van der Waals surface area contributed by atoms with E-state index in [2.05, 4.69) is 25.9 Å². The van der Waals surface area contributed by atoms with Crippen LogP contribution in [-0.4, -0.2) is 9.97 Å². The van der Waals surface area contributed by atoms with Crippen molar-refractivity contribution in [1.29, 1.82) is 0 Å². The summed E-state index contributed by atoms with van der Waals surface area (Å²) in [6, 6.07) is 3.10. The highest BCUT2D eigenvalue weighted by molar-refractivity contribution is 9.10. The van der Waals surface area contributed by atoms with Crippen LogP contribution in [0.4, 0.5) is 0 Å². The van der Waals surface area contributed by atoms with Crippen molar-refractivity contribution in [1.82, 2.24) is 9.97 Å². The van der Waals surface area contributed by atoms with E-state index in [0.29, 0.717) is 9.99 Å². The molecule has 7 nitrogen and oxygen atoms in total. The standard InChI is InChI=1S/C12H10BrN2O5P/c1-2-3-4-19-21(18)20-9-6-7(13)5-8-10(9)15-12(17)11(16)14-8/h3-6H,2H2,1H3,(H-,14,15,16,17)/p+1. The number of hydrogen-bond acceptors (Lipinski definition) is 5. The van der Waals surface area contributed by atoms with Gasteiger partial charge in [0.2, 0.25) is 5.75 Å². The monoisotopic (exact) mass is 373 g/mol. The minimum absolute atomic E-state index is 0.124. The van der Waals surface area contributed by atoms with E-state index in [4.69, 9.17) is 9.05 Å². The van der Waals surface area contributed by atoms with E-state index in [-0.39, 0.29) is 11.3 Å². The first-order valence-corrected chi connectivity index (χ1v) is 7.83. The number of aromatic amines is 2. The SMILES string of the molecule is CCC=CO[P+](=O)Oc1cc(Br)cc2[nH]c(=O)c(=O)[nH]c12. The molecule has 1 heterocycles. The summed E-state index contributed by atoms with van der Waals surface area (Å²) in [5.41, 5.74) is -1.03. The molecule has 0 fully saturated rings. The van der Waals surface area contributed by atoms with Crippen molar-refractivity contribution in [2.24, 2.45) is 0 Å². The number of benzene rings is 1. The molecule has 9 heteroatoms. The van der Waals surface area contributed by atoms with Crippen molar-refractivity contribution in [3.8, 4) is 5.75 Å². The highest BCUT2D eigenvalue weighted by Crippen LogP contribution is 2.34. The number of nitrogens with one attached hydrogen (secondary N) is 2. The number of H-pyrrole nitrogens is 2. The summed E-state index contributed by atoms with van der Waals surface area (Å²) in [6.45, 7) is 1.90. The van der Waals surface area contributed by atoms with E-state index in [1.165, 1.54) is 12.3 Å². The Labute approximate surface area is 128 Å². The van der Waals surface area contributed by atoms with Gasteiger partial charge in [-0.3, -0.25) is 9.59 Å². The van der Waals surface area contributed by atoms with Gasteiger partial charge in [-0.15, -0.1) is 0 Å². The number of allylic oxidation sites excluding steroid dienone is 1. The van der Waals surface area contributed by atoms with Gasteiger partial charge >= 0.3 is 19.4 Å². The van der Waals surface area contributed by atoms with Gasteiger partial charge in [-0.05, 0) is 18.6 Å². The van der Waals surface area contributed by atoms with Crippen LogP contribution in [0.15, 0.2) is 38.5 Å². The van der Waals surface area contributed by atoms with Crippen LogP contribution in [0.2, 0.25) is 0 Å². The molecule has 1 atom stereocenters. The van der Waals surface area contributed by atoms with Crippen molar-refractivity contribution < 1.29 is 13.6 Å². The third kappa shape index (κ3) is 3.80. The molecule has 1 unspecified atom stereocenters. The Morgan fingerprint density at radius 3 is 2.71 bits per heavy atom. The predicted molar refractivity (Wildman–Crippen MR) is 81.6 cm³/mol. The predicted octanol–water partition coefficient (Wildman–Crippen LogP) is 2.96. The minimum atomic E-state index is -2.44. The first-order chi connectivity index (χ1) is 10.0. The molecule has 1 aromatic heterocycles. The largest absolute Gasteiger partial charge is 0.804 e. The van der Waals surface area contributed by atoms with E-state index in [9.17, 15) is 14.2 Å².